The number of aliphatic hydroxyl groups is 2. The second-order valence-electron chi connectivity index (χ2n) is 9.66. The molecule has 0 aromatic heterocycles. The molecule has 0 bridgehead atoms. The smallest absolute Gasteiger partial charge is 0.475 e. The van der Waals surface area contributed by atoms with Gasteiger partial charge in [0, 0.05) is 50.7 Å². The van der Waals surface area contributed by atoms with Crippen molar-refractivity contribution >= 4 is 29.8 Å². The summed E-state index contributed by atoms with van der Waals surface area (Å²) in [5, 5.41) is 56.9. The van der Waals surface area contributed by atoms with E-state index >= 15 is 0 Å². The quantitative estimate of drug-likeness (QED) is 0.0846. The first-order valence-corrected chi connectivity index (χ1v) is 14.0. The van der Waals surface area contributed by atoms with Crippen molar-refractivity contribution < 1.29 is 107 Å². The summed E-state index contributed by atoms with van der Waals surface area (Å²) < 4.78 is 127. The third kappa shape index (κ3) is 37.3. The molecule has 1 aromatic carbocycles. The van der Waals surface area contributed by atoms with E-state index in [-0.39, 0.29) is 43.7 Å². The summed E-state index contributed by atoms with van der Waals surface area (Å²) >= 11 is 0. The van der Waals surface area contributed by atoms with Crippen molar-refractivity contribution in [2.24, 2.45) is 11.5 Å². The van der Waals surface area contributed by atoms with Crippen molar-refractivity contribution in [1.29, 1.82) is 0 Å². The van der Waals surface area contributed by atoms with Crippen LogP contribution in [-0.4, -0.2) is 143 Å². The molecule has 0 saturated heterocycles. The molecule has 0 unspecified atom stereocenters. The SMILES string of the molecule is NC(=O)CCNC[C@H](CO)NC[C@H](CO)NC[C@@H](N)Cc1ccccc1.O=C(O)C(F)(F)F.O=C(O)C(F)(F)F.O=C(O)C(F)(F)F.O=C(O)C(F)(F)F. The predicted octanol–water partition coefficient (Wildman–Crippen LogP) is 0.456. The molecule has 0 spiro atoms. The molecule has 16 nitrogen and oxygen atoms in total. The summed E-state index contributed by atoms with van der Waals surface area (Å²) in [6, 6.07) is 9.67. The van der Waals surface area contributed by atoms with Crippen molar-refractivity contribution in [1.82, 2.24) is 16.0 Å². The van der Waals surface area contributed by atoms with Gasteiger partial charge >= 0.3 is 48.6 Å². The van der Waals surface area contributed by atoms with Crippen LogP contribution < -0.4 is 27.4 Å². The van der Waals surface area contributed by atoms with Crippen molar-refractivity contribution in [2.75, 3.05) is 39.4 Å². The molecular formula is C26H37F12N5O11. The lowest BCUT2D eigenvalue weighted by Crippen LogP contribution is -2.51. The van der Waals surface area contributed by atoms with E-state index in [2.05, 4.69) is 16.0 Å². The van der Waals surface area contributed by atoms with Gasteiger partial charge in [-0.25, -0.2) is 19.2 Å². The Kier molecular flexibility index (Phi) is 29.2. The van der Waals surface area contributed by atoms with Gasteiger partial charge in [-0.1, -0.05) is 30.3 Å². The largest absolute Gasteiger partial charge is 0.490 e. The maximum atomic E-state index is 10.7. The molecule has 316 valence electrons. The van der Waals surface area contributed by atoms with Crippen molar-refractivity contribution in [3.8, 4) is 0 Å². The van der Waals surface area contributed by atoms with E-state index < -0.39 is 48.6 Å². The van der Waals surface area contributed by atoms with E-state index in [0.29, 0.717) is 26.2 Å². The van der Waals surface area contributed by atoms with Crippen LogP contribution in [-0.2, 0) is 30.4 Å². The molecule has 0 heterocycles. The number of carbonyl (C=O) groups excluding carboxylic acids is 1. The minimum Gasteiger partial charge on any atom is -0.475 e. The number of amides is 1. The van der Waals surface area contributed by atoms with E-state index in [1.165, 1.54) is 5.56 Å². The molecule has 0 fully saturated rings. The zero-order valence-electron chi connectivity index (χ0n) is 27.2. The highest BCUT2D eigenvalue weighted by Gasteiger charge is 2.40. The number of halogens is 12. The molecule has 0 radical (unpaired) electrons. The molecule has 28 heteroatoms. The van der Waals surface area contributed by atoms with E-state index in [1.54, 1.807) is 0 Å². The molecule has 0 aliphatic carbocycles. The fraction of sp³-hybridized carbons (Fsp3) is 0.577. The first-order chi connectivity index (χ1) is 24.3. The summed E-state index contributed by atoms with van der Waals surface area (Å²) in [6.07, 6.45) is -19.3. The molecule has 54 heavy (non-hydrogen) atoms. The molecule has 0 aliphatic rings. The number of nitrogens with two attached hydrogens (primary N) is 2. The van der Waals surface area contributed by atoms with Crippen molar-refractivity contribution in [2.45, 2.75) is 55.7 Å². The van der Waals surface area contributed by atoms with Gasteiger partial charge in [0.05, 0.1) is 13.2 Å². The van der Waals surface area contributed by atoms with Crippen molar-refractivity contribution in [3.63, 3.8) is 0 Å². The Morgan fingerprint density at radius 1 is 0.593 bits per heavy atom. The average Bonchev–Trinajstić information content (AvgIpc) is 3.01. The lowest BCUT2D eigenvalue weighted by Gasteiger charge is -2.23. The van der Waals surface area contributed by atoms with E-state index in [0.717, 1.165) is 6.42 Å². The van der Waals surface area contributed by atoms with Crippen LogP contribution in [0.3, 0.4) is 0 Å². The fourth-order valence-electron chi connectivity index (χ4n) is 2.51. The lowest BCUT2D eigenvalue weighted by atomic mass is 10.1. The normalized spacial score (nSPS) is 12.9. The number of alkyl halides is 12. The molecule has 1 rings (SSSR count). The number of rotatable bonds is 15. The number of aliphatic hydroxyl groups excluding tert-OH is 2. The van der Waals surface area contributed by atoms with Gasteiger partial charge < -0.3 is 58.1 Å². The highest BCUT2D eigenvalue weighted by molar-refractivity contribution is 5.74. The monoisotopic (exact) mass is 823 g/mol. The van der Waals surface area contributed by atoms with Gasteiger partial charge in [0.2, 0.25) is 5.91 Å². The fourth-order valence-corrected chi connectivity index (χ4v) is 2.51. The van der Waals surface area contributed by atoms with Crippen molar-refractivity contribution in [3.05, 3.63) is 35.9 Å². The lowest BCUT2D eigenvalue weighted by molar-refractivity contribution is -0.193. The number of nitrogens with one attached hydrogen (secondary N) is 3. The minimum atomic E-state index is -5.08. The summed E-state index contributed by atoms with van der Waals surface area (Å²) in [7, 11) is 0. The summed E-state index contributed by atoms with van der Waals surface area (Å²) in [4.78, 5) is 46.3. The number of primary amides is 1. The van der Waals surface area contributed by atoms with Gasteiger partial charge in [0.1, 0.15) is 0 Å². The first kappa shape index (κ1) is 56.2. The second-order valence-corrected chi connectivity index (χ2v) is 9.66. The Labute approximate surface area is 296 Å². The van der Waals surface area contributed by atoms with Gasteiger partial charge in [0.15, 0.2) is 0 Å². The summed E-state index contributed by atoms with van der Waals surface area (Å²) in [5.41, 5.74) is 12.4. The zero-order chi connectivity index (χ0) is 43.5. The topological polar surface area (TPSA) is 295 Å². The van der Waals surface area contributed by atoms with Gasteiger partial charge in [-0.3, -0.25) is 4.79 Å². The van der Waals surface area contributed by atoms with E-state index in [9.17, 15) is 67.7 Å². The van der Waals surface area contributed by atoms with Crippen LogP contribution in [0, 0.1) is 0 Å². The number of carboxylic acids is 4. The maximum absolute atomic E-state index is 10.7. The van der Waals surface area contributed by atoms with Crippen LogP contribution in [0.5, 0.6) is 0 Å². The summed E-state index contributed by atoms with van der Waals surface area (Å²) in [6.45, 7) is 1.99. The van der Waals surface area contributed by atoms with Gasteiger partial charge in [-0.15, -0.1) is 0 Å². The zero-order valence-corrected chi connectivity index (χ0v) is 27.2. The molecule has 3 atom stereocenters. The van der Waals surface area contributed by atoms with Gasteiger partial charge in [-0.2, -0.15) is 52.7 Å². The number of carbonyl (C=O) groups is 5. The van der Waals surface area contributed by atoms with Crippen LogP contribution in [0.1, 0.15) is 12.0 Å². The van der Waals surface area contributed by atoms with Gasteiger partial charge in [-0.05, 0) is 12.0 Å². The van der Waals surface area contributed by atoms with Gasteiger partial charge in [0.25, 0.3) is 0 Å². The van der Waals surface area contributed by atoms with Crippen LogP contribution in [0.15, 0.2) is 30.3 Å². The Balaban J connectivity index is -0.000000360. The molecule has 13 N–H and O–H groups in total. The first-order valence-electron chi connectivity index (χ1n) is 14.0. The van der Waals surface area contributed by atoms with E-state index in [4.69, 9.17) is 51.1 Å². The Morgan fingerprint density at radius 3 is 1.20 bits per heavy atom. The molecule has 0 saturated carbocycles. The standard InChI is InChI=1S/C18H33N5O3.4C2HF3O2/c19-15(8-14-4-2-1-3-5-14)9-22-17(13-25)11-23-16(12-24)10-21-7-6-18(20)26;4*3-2(4,5)1(6)7/h1-5,15-17,21-25H,6-13,19H2,(H2,20,26);4*(H,6,7)/t15-,16+,17+;;;;/m0..../s1. The highest BCUT2D eigenvalue weighted by Crippen LogP contribution is 2.15. The Morgan fingerprint density at radius 2 is 0.907 bits per heavy atom. The minimum absolute atomic E-state index is 0.0295. The van der Waals surface area contributed by atoms with Crippen LogP contribution in [0.2, 0.25) is 0 Å². The van der Waals surface area contributed by atoms with Crippen LogP contribution >= 0.6 is 0 Å². The molecular weight excluding hydrogens is 786 g/mol. The molecule has 0 aliphatic heterocycles. The highest BCUT2D eigenvalue weighted by atomic mass is 19.4. The van der Waals surface area contributed by atoms with Crippen LogP contribution in [0.25, 0.3) is 0 Å². The number of hydrogen-bond donors (Lipinski definition) is 11. The maximum Gasteiger partial charge on any atom is 0.490 e. The number of benzene rings is 1. The van der Waals surface area contributed by atoms with Crippen LogP contribution in [0.4, 0.5) is 52.7 Å². The molecule has 1 aromatic rings. The number of aliphatic carboxylic acids is 4. The third-order valence-electron chi connectivity index (χ3n) is 5.01. The summed E-state index contributed by atoms with van der Waals surface area (Å²) in [5.74, 6) is -11.4. The Bertz CT molecular complexity index is 1130. The second kappa shape index (κ2) is 28.0. The molecule has 1 amide bonds. The average molecular weight is 824 g/mol. The number of hydrogen-bond acceptors (Lipinski definition) is 11. The van der Waals surface area contributed by atoms with E-state index in [1.807, 2.05) is 30.3 Å². The predicted molar refractivity (Wildman–Crippen MR) is 157 cm³/mol. The number of carboxylic acid groups (broad SMARTS) is 4. The third-order valence-corrected chi connectivity index (χ3v) is 5.01. The Hall–Kier alpha value is -4.51.